The first-order valence-electron chi connectivity index (χ1n) is 4.99. The Bertz CT molecular complexity index is 417. The molecule has 0 fully saturated rings. The average molecular weight is 242 g/mol. The van der Waals surface area contributed by atoms with Gasteiger partial charge < -0.3 is 10.0 Å². The Morgan fingerprint density at radius 2 is 2.41 bits per heavy atom. The number of aliphatic hydroxyl groups is 1. The largest absolute Gasteiger partial charge is 0.394 e. The SMILES string of the molecule is CC(CO)N(C)C(=O)Cn1cc([N+](=O)[O-])cn1. The lowest BCUT2D eigenvalue weighted by molar-refractivity contribution is -0.385. The molecule has 1 atom stereocenters. The summed E-state index contributed by atoms with van der Waals surface area (Å²) in [6.07, 6.45) is 2.28. The lowest BCUT2D eigenvalue weighted by atomic mass is 10.3. The van der Waals surface area contributed by atoms with Gasteiger partial charge >= 0.3 is 5.69 Å². The number of hydrogen-bond donors (Lipinski definition) is 1. The number of carbonyl (C=O) groups excluding carboxylic acids is 1. The Morgan fingerprint density at radius 1 is 1.76 bits per heavy atom. The van der Waals surface area contributed by atoms with Crippen molar-refractivity contribution >= 4 is 11.6 Å². The zero-order chi connectivity index (χ0) is 13.0. The molecular formula is C9H14N4O4. The number of hydrogen-bond acceptors (Lipinski definition) is 5. The molecule has 94 valence electrons. The average Bonchev–Trinajstić information content (AvgIpc) is 2.75. The van der Waals surface area contributed by atoms with Gasteiger partial charge in [0.05, 0.1) is 17.6 Å². The first-order chi connectivity index (χ1) is 7.95. The van der Waals surface area contributed by atoms with Crippen LogP contribution in [0.5, 0.6) is 0 Å². The summed E-state index contributed by atoms with van der Waals surface area (Å²) in [6.45, 7) is 1.47. The number of nitro groups is 1. The van der Waals surface area contributed by atoms with Crippen molar-refractivity contribution in [2.24, 2.45) is 0 Å². The predicted molar refractivity (Wildman–Crippen MR) is 58.2 cm³/mol. The maximum atomic E-state index is 11.7. The fourth-order valence-corrected chi connectivity index (χ4v) is 1.15. The second-order valence-corrected chi connectivity index (χ2v) is 3.69. The number of aromatic nitrogens is 2. The summed E-state index contributed by atoms with van der Waals surface area (Å²) in [5, 5.41) is 23.0. The summed E-state index contributed by atoms with van der Waals surface area (Å²) in [5.74, 6) is -0.274. The number of amides is 1. The molecule has 0 radical (unpaired) electrons. The minimum atomic E-state index is -0.575. The van der Waals surface area contributed by atoms with Gasteiger partial charge in [-0.3, -0.25) is 19.6 Å². The van der Waals surface area contributed by atoms with Crippen LogP contribution in [0.2, 0.25) is 0 Å². The second-order valence-electron chi connectivity index (χ2n) is 3.69. The van der Waals surface area contributed by atoms with Gasteiger partial charge in [-0.2, -0.15) is 5.10 Å². The Labute approximate surface area is 97.6 Å². The van der Waals surface area contributed by atoms with Crippen molar-refractivity contribution in [3.05, 3.63) is 22.5 Å². The van der Waals surface area contributed by atoms with Crippen LogP contribution in [0.1, 0.15) is 6.92 Å². The van der Waals surface area contributed by atoms with Gasteiger partial charge in [-0.1, -0.05) is 0 Å². The highest BCUT2D eigenvalue weighted by Gasteiger charge is 2.17. The van der Waals surface area contributed by atoms with Crippen molar-refractivity contribution in [2.75, 3.05) is 13.7 Å². The first kappa shape index (κ1) is 13.1. The quantitative estimate of drug-likeness (QED) is 0.560. The minimum absolute atomic E-state index is 0.0886. The Balaban J connectivity index is 2.64. The molecule has 1 heterocycles. The maximum Gasteiger partial charge on any atom is 0.307 e. The van der Waals surface area contributed by atoms with Gasteiger partial charge in [0.1, 0.15) is 18.9 Å². The third-order valence-electron chi connectivity index (χ3n) is 2.45. The van der Waals surface area contributed by atoms with E-state index in [0.29, 0.717) is 0 Å². The molecule has 8 heteroatoms. The lowest BCUT2D eigenvalue weighted by Gasteiger charge is -2.22. The molecule has 1 aromatic rings. The molecule has 17 heavy (non-hydrogen) atoms. The van der Waals surface area contributed by atoms with Gasteiger partial charge in [0.25, 0.3) is 0 Å². The van der Waals surface area contributed by atoms with Crippen LogP contribution < -0.4 is 0 Å². The lowest BCUT2D eigenvalue weighted by Crippen LogP contribution is -2.39. The van der Waals surface area contributed by atoms with E-state index in [4.69, 9.17) is 5.11 Å². The van der Waals surface area contributed by atoms with Crippen LogP contribution in [-0.4, -0.2) is 50.3 Å². The molecule has 1 aromatic heterocycles. The van der Waals surface area contributed by atoms with Crippen molar-refractivity contribution in [3.8, 4) is 0 Å². The molecule has 0 bridgehead atoms. The van der Waals surface area contributed by atoms with Crippen molar-refractivity contribution in [3.63, 3.8) is 0 Å². The molecule has 1 rings (SSSR count). The summed E-state index contributed by atoms with van der Waals surface area (Å²) in [4.78, 5) is 22.9. The summed E-state index contributed by atoms with van der Waals surface area (Å²) >= 11 is 0. The highest BCUT2D eigenvalue weighted by Crippen LogP contribution is 2.08. The molecule has 0 aliphatic rings. The smallest absolute Gasteiger partial charge is 0.307 e. The zero-order valence-corrected chi connectivity index (χ0v) is 9.61. The van der Waals surface area contributed by atoms with Crippen molar-refractivity contribution < 1.29 is 14.8 Å². The van der Waals surface area contributed by atoms with E-state index < -0.39 is 4.92 Å². The van der Waals surface area contributed by atoms with E-state index in [0.717, 1.165) is 6.20 Å². The standard InChI is InChI=1S/C9H14N4O4/c1-7(6-14)11(2)9(15)5-12-4-8(3-10-12)13(16)17/h3-4,7,14H,5-6H2,1-2H3. The number of rotatable bonds is 5. The van der Waals surface area contributed by atoms with Gasteiger partial charge in [-0.25, -0.2) is 0 Å². The molecule has 0 spiro atoms. The van der Waals surface area contributed by atoms with Crippen LogP contribution in [0.3, 0.4) is 0 Å². The van der Waals surface area contributed by atoms with Crippen LogP contribution in [0.4, 0.5) is 5.69 Å². The summed E-state index contributed by atoms with van der Waals surface area (Å²) in [5.41, 5.74) is -0.157. The molecule has 0 aliphatic carbocycles. The normalized spacial score (nSPS) is 12.2. The van der Waals surface area contributed by atoms with E-state index in [1.807, 2.05) is 0 Å². The molecule has 1 unspecified atom stereocenters. The van der Waals surface area contributed by atoms with Crippen LogP contribution in [0.25, 0.3) is 0 Å². The molecule has 0 saturated heterocycles. The van der Waals surface area contributed by atoms with E-state index in [1.54, 1.807) is 14.0 Å². The highest BCUT2D eigenvalue weighted by atomic mass is 16.6. The maximum absolute atomic E-state index is 11.7. The van der Waals surface area contributed by atoms with Gasteiger partial charge in [0, 0.05) is 7.05 Å². The number of nitrogens with zero attached hydrogens (tertiary/aromatic N) is 4. The molecule has 1 amide bonds. The second kappa shape index (κ2) is 5.39. The van der Waals surface area contributed by atoms with Crippen molar-refractivity contribution in [1.29, 1.82) is 0 Å². The molecule has 8 nitrogen and oxygen atoms in total. The predicted octanol–water partition coefficient (Wildman–Crippen LogP) is -0.370. The Hall–Kier alpha value is -1.96. The molecule has 1 N–H and O–H groups in total. The molecular weight excluding hydrogens is 228 g/mol. The van der Waals surface area contributed by atoms with Crippen LogP contribution in [0.15, 0.2) is 12.4 Å². The molecule has 0 aromatic carbocycles. The van der Waals surface area contributed by atoms with E-state index >= 15 is 0 Å². The van der Waals surface area contributed by atoms with E-state index in [9.17, 15) is 14.9 Å². The van der Waals surface area contributed by atoms with Crippen molar-refractivity contribution in [2.45, 2.75) is 19.5 Å². The van der Waals surface area contributed by atoms with Crippen LogP contribution >= 0.6 is 0 Å². The highest BCUT2D eigenvalue weighted by molar-refractivity contribution is 5.75. The third kappa shape index (κ3) is 3.25. The van der Waals surface area contributed by atoms with Gasteiger partial charge in [0.2, 0.25) is 5.91 Å². The molecule has 0 saturated carbocycles. The fourth-order valence-electron chi connectivity index (χ4n) is 1.15. The molecule has 0 aliphatic heterocycles. The van der Waals surface area contributed by atoms with E-state index in [1.165, 1.54) is 15.8 Å². The van der Waals surface area contributed by atoms with Gasteiger partial charge in [0.15, 0.2) is 0 Å². The van der Waals surface area contributed by atoms with E-state index in [2.05, 4.69) is 5.10 Å². The van der Waals surface area contributed by atoms with Gasteiger partial charge in [-0.05, 0) is 6.92 Å². The Morgan fingerprint density at radius 3 is 2.88 bits per heavy atom. The van der Waals surface area contributed by atoms with Gasteiger partial charge in [-0.15, -0.1) is 0 Å². The van der Waals surface area contributed by atoms with Crippen LogP contribution in [-0.2, 0) is 11.3 Å². The topological polar surface area (TPSA) is 102 Å². The van der Waals surface area contributed by atoms with Crippen LogP contribution in [0, 0.1) is 10.1 Å². The summed E-state index contributed by atoms with van der Waals surface area (Å²) in [7, 11) is 1.56. The first-order valence-corrected chi connectivity index (χ1v) is 4.99. The number of likely N-dealkylation sites (N-methyl/N-ethyl adjacent to an activating group) is 1. The fraction of sp³-hybridized carbons (Fsp3) is 0.556. The number of carbonyl (C=O) groups is 1. The minimum Gasteiger partial charge on any atom is -0.394 e. The summed E-state index contributed by atoms with van der Waals surface area (Å²) < 4.78 is 1.20. The monoisotopic (exact) mass is 242 g/mol. The number of aliphatic hydroxyl groups excluding tert-OH is 1. The van der Waals surface area contributed by atoms with E-state index in [-0.39, 0.29) is 30.8 Å². The zero-order valence-electron chi connectivity index (χ0n) is 9.61. The Kier molecular flexibility index (Phi) is 4.16. The third-order valence-corrected chi connectivity index (χ3v) is 2.45. The van der Waals surface area contributed by atoms with Crippen molar-refractivity contribution in [1.82, 2.24) is 14.7 Å². The summed E-state index contributed by atoms with van der Waals surface area (Å²) in [6, 6.07) is -0.298.